The Kier molecular flexibility index (Phi) is 2.26. The number of nitrogens with zero attached hydrogens (tertiary/aromatic N) is 2. The zero-order chi connectivity index (χ0) is 11.7. The zero-order valence-electron chi connectivity index (χ0n) is 9.33. The second kappa shape index (κ2) is 3.90. The Balaban J connectivity index is 2.07. The fraction of sp³-hybridized carbons (Fsp3) is 0.0769. The van der Waals surface area contributed by atoms with Crippen LogP contribution in [0.1, 0.15) is 0 Å². The molecule has 4 heteroatoms. The Labute approximate surface area is 98.1 Å². The van der Waals surface area contributed by atoms with Gasteiger partial charge in [-0.25, -0.2) is 0 Å². The van der Waals surface area contributed by atoms with Gasteiger partial charge in [-0.3, -0.25) is 0 Å². The molecule has 4 nitrogen and oxygen atoms in total. The van der Waals surface area contributed by atoms with Crippen molar-refractivity contribution in [3.63, 3.8) is 0 Å². The van der Waals surface area contributed by atoms with Gasteiger partial charge in [0.15, 0.2) is 0 Å². The normalized spacial score (nSPS) is 10.6. The largest absolute Gasteiger partial charge is 0.497 e. The number of aromatic nitrogens is 2. The molecule has 0 radical (unpaired) electrons. The molecule has 3 aromatic rings. The monoisotopic (exact) mass is 227 g/mol. The van der Waals surface area contributed by atoms with E-state index in [0.717, 1.165) is 17.0 Å². The van der Waals surface area contributed by atoms with E-state index >= 15 is 0 Å². The highest BCUT2D eigenvalue weighted by molar-refractivity contribution is 5.54. The summed E-state index contributed by atoms with van der Waals surface area (Å²) in [6.07, 6.45) is 1.85. The van der Waals surface area contributed by atoms with Crippen LogP contribution in [0.5, 0.6) is 5.75 Å². The van der Waals surface area contributed by atoms with Crippen LogP contribution >= 0.6 is 0 Å². The molecule has 0 saturated carbocycles. The number of methoxy groups -OCH3 is 1. The van der Waals surface area contributed by atoms with Gasteiger partial charge < -0.3 is 9.15 Å². The predicted molar refractivity (Wildman–Crippen MR) is 61.7 cm³/mol. The summed E-state index contributed by atoms with van der Waals surface area (Å²) in [6.45, 7) is 0. The second-order valence-electron chi connectivity index (χ2n) is 3.62. The average Bonchev–Trinajstić information content (AvgIpc) is 2.82. The van der Waals surface area contributed by atoms with Crippen molar-refractivity contribution in [3.05, 3.63) is 48.7 Å². The van der Waals surface area contributed by atoms with Gasteiger partial charge in [0.25, 0.3) is 5.89 Å². The summed E-state index contributed by atoms with van der Waals surface area (Å²) in [5.41, 5.74) is 1.65. The Morgan fingerprint density at radius 2 is 1.94 bits per heavy atom. The van der Waals surface area contributed by atoms with Gasteiger partial charge in [0, 0.05) is 16.7 Å². The highest BCUT2D eigenvalue weighted by Gasteiger charge is 2.14. The molecule has 0 fully saturated rings. The van der Waals surface area contributed by atoms with E-state index < -0.39 is 0 Å². The summed E-state index contributed by atoms with van der Waals surface area (Å²) in [6, 6.07) is 13.3. The quantitative estimate of drug-likeness (QED) is 0.629. The van der Waals surface area contributed by atoms with E-state index in [0.29, 0.717) is 5.89 Å². The average molecular weight is 227 g/mol. The summed E-state index contributed by atoms with van der Waals surface area (Å²) < 4.78 is 12.5. The number of rotatable bonds is 2. The molecule has 0 aliphatic carbocycles. The minimum atomic E-state index is 0.596. The SMILES string of the molecule is COc1ccc(-c2n[n+]3ccccc3o2)cc1. The lowest BCUT2D eigenvalue weighted by Crippen LogP contribution is -2.21. The maximum Gasteiger partial charge on any atom is 0.406 e. The minimum absolute atomic E-state index is 0.596. The van der Waals surface area contributed by atoms with Gasteiger partial charge in [0.1, 0.15) is 5.75 Å². The van der Waals surface area contributed by atoms with Gasteiger partial charge in [-0.1, -0.05) is 0 Å². The summed E-state index contributed by atoms with van der Waals surface area (Å²) >= 11 is 0. The first-order chi connectivity index (χ1) is 8.36. The van der Waals surface area contributed by atoms with Crippen molar-refractivity contribution in [1.82, 2.24) is 5.10 Å². The zero-order valence-corrected chi connectivity index (χ0v) is 9.33. The van der Waals surface area contributed by atoms with E-state index in [4.69, 9.17) is 9.15 Å². The third kappa shape index (κ3) is 1.73. The highest BCUT2D eigenvalue weighted by Crippen LogP contribution is 2.20. The molecule has 0 unspecified atom stereocenters. The standard InChI is InChI=1S/C13H11N2O2/c1-16-11-7-5-10(6-8-11)13-14-15-9-3-2-4-12(15)17-13/h2-9H,1H3/q+1. The number of hydrogen-bond acceptors (Lipinski definition) is 3. The smallest absolute Gasteiger partial charge is 0.406 e. The molecular weight excluding hydrogens is 216 g/mol. The molecule has 0 amide bonds. The molecule has 0 spiro atoms. The first-order valence-corrected chi connectivity index (χ1v) is 5.29. The maximum absolute atomic E-state index is 5.64. The van der Waals surface area contributed by atoms with Crippen LogP contribution in [0.2, 0.25) is 0 Å². The molecule has 0 saturated heterocycles. The number of hydrogen-bond donors (Lipinski definition) is 0. The second-order valence-corrected chi connectivity index (χ2v) is 3.62. The summed E-state index contributed by atoms with van der Waals surface area (Å²) in [4.78, 5) is 0. The van der Waals surface area contributed by atoms with Crippen LogP contribution in [0.25, 0.3) is 17.2 Å². The molecule has 0 atom stereocenters. The first kappa shape index (κ1) is 9.84. The van der Waals surface area contributed by atoms with Gasteiger partial charge in [-0.05, 0) is 34.8 Å². The highest BCUT2D eigenvalue weighted by atomic mass is 16.5. The number of ether oxygens (including phenoxy) is 1. The lowest BCUT2D eigenvalue weighted by Gasteiger charge is -1.98. The Morgan fingerprint density at radius 1 is 1.12 bits per heavy atom. The number of pyridine rings is 1. The summed E-state index contributed by atoms with van der Waals surface area (Å²) in [5, 5.41) is 4.35. The van der Waals surface area contributed by atoms with E-state index in [9.17, 15) is 0 Å². The molecular formula is C13H11N2O2+. The Hall–Kier alpha value is -2.36. The van der Waals surface area contributed by atoms with Crippen LogP contribution in [0.15, 0.2) is 53.1 Å². The molecule has 3 rings (SSSR count). The van der Waals surface area contributed by atoms with Crippen LogP contribution in [0.3, 0.4) is 0 Å². The van der Waals surface area contributed by atoms with E-state index in [1.807, 2.05) is 48.7 Å². The molecule has 0 bridgehead atoms. The molecule has 84 valence electrons. The lowest BCUT2D eigenvalue weighted by atomic mass is 10.2. The van der Waals surface area contributed by atoms with Gasteiger partial charge in [-0.2, -0.15) is 0 Å². The summed E-state index contributed by atoms with van der Waals surface area (Å²) in [7, 11) is 1.64. The molecule has 0 aliphatic rings. The van der Waals surface area contributed by atoms with Crippen molar-refractivity contribution in [1.29, 1.82) is 0 Å². The minimum Gasteiger partial charge on any atom is -0.497 e. The third-order valence-electron chi connectivity index (χ3n) is 2.54. The third-order valence-corrected chi connectivity index (χ3v) is 2.54. The molecule has 2 aromatic heterocycles. The van der Waals surface area contributed by atoms with Crippen LogP contribution in [0, 0.1) is 0 Å². The first-order valence-electron chi connectivity index (χ1n) is 5.29. The van der Waals surface area contributed by atoms with Gasteiger partial charge in [0.2, 0.25) is 6.20 Å². The van der Waals surface area contributed by atoms with Gasteiger partial charge in [0.05, 0.1) is 13.2 Å². The molecule has 1 aromatic carbocycles. The lowest BCUT2D eigenvalue weighted by molar-refractivity contribution is -0.579. The number of fused-ring (bicyclic) bond motifs is 1. The Bertz CT molecular complexity index is 611. The predicted octanol–water partition coefficient (Wildman–Crippen LogP) is 2.09. The molecule has 2 heterocycles. The van der Waals surface area contributed by atoms with Crippen LogP contribution in [-0.2, 0) is 0 Å². The molecule has 17 heavy (non-hydrogen) atoms. The van der Waals surface area contributed by atoms with Crippen molar-refractivity contribution >= 4 is 5.71 Å². The van der Waals surface area contributed by atoms with Crippen LogP contribution in [-0.4, -0.2) is 12.2 Å². The van der Waals surface area contributed by atoms with Crippen molar-refractivity contribution < 1.29 is 13.7 Å². The topological polar surface area (TPSA) is 39.4 Å². The summed E-state index contributed by atoms with van der Waals surface area (Å²) in [5.74, 6) is 1.41. The van der Waals surface area contributed by atoms with Gasteiger partial charge in [-0.15, -0.1) is 0 Å². The fourth-order valence-corrected chi connectivity index (χ4v) is 1.65. The van der Waals surface area contributed by atoms with Gasteiger partial charge >= 0.3 is 5.71 Å². The van der Waals surface area contributed by atoms with Crippen LogP contribution < -0.4 is 9.25 Å². The van der Waals surface area contributed by atoms with E-state index in [-0.39, 0.29) is 0 Å². The van der Waals surface area contributed by atoms with Crippen molar-refractivity contribution in [3.8, 4) is 17.2 Å². The van der Waals surface area contributed by atoms with Crippen molar-refractivity contribution in [2.75, 3.05) is 7.11 Å². The van der Waals surface area contributed by atoms with E-state index in [2.05, 4.69) is 5.10 Å². The number of benzene rings is 1. The maximum atomic E-state index is 5.64. The van der Waals surface area contributed by atoms with Crippen molar-refractivity contribution in [2.24, 2.45) is 0 Å². The van der Waals surface area contributed by atoms with Crippen LogP contribution in [0.4, 0.5) is 0 Å². The Morgan fingerprint density at radius 3 is 2.65 bits per heavy atom. The molecule has 0 aliphatic heterocycles. The fourth-order valence-electron chi connectivity index (χ4n) is 1.65. The molecule has 0 N–H and O–H groups in total. The van der Waals surface area contributed by atoms with E-state index in [1.54, 1.807) is 11.6 Å². The van der Waals surface area contributed by atoms with Crippen molar-refractivity contribution in [2.45, 2.75) is 0 Å². The van der Waals surface area contributed by atoms with E-state index in [1.165, 1.54) is 0 Å².